The predicted octanol–water partition coefficient (Wildman–Crippen LogP) is 7.09. The number of rotatable bonds is 1. The van der Waals surface area contributed by atoms with Crippen molar-refractivity contribution in [2.75, 3.05) is 0 Å². The Balaban J connectivity index is 0.000000188. The van der Waals surface area contributed by atoms with Crippen LogP contribution in [-0.4, -0.2) is 9.97 Å². The largest absolute Gasteiger partial charge is 0.254 e. The van der Waals surface area contributed by atoms with Crippen LogP contribution in [0.5, 0.6) is 0 Å². The zero-order valence-electron chi connectivity index (χ0n) is 13.0. The summed E-state index contributed by atoms with van der Waals surface area (Å²) in [6.45, 7) is -0.576. The molecule has 145 valence electrons. The summed E-state index contributed by atoms with van der Waals surface area (Å²) in [5.41, 5.74) is 1.95. The van der Waals surface area contributed by atoms with E-state index in [0.29, 0.717) is 0 Å². The first-order chi connectivity index (χ1) is 10.8. The van der Waals surface area contributed by atoms with Crippen molar-refractivity contribution in [3.05, 3.63) is 48.8 Å². The fraction of sp³-hybridized carbons (Fsp3) is 0.200. The van der Waals surface area contributed by atoms with Crippen molar-refractivity contribution in [2.24, 2.45) is 0 Å². The Labute approximate surface area is 136 Å². The van der Waals surface area contributed by atoms with Gasteiger partial charge in [0.25, 0.3) is 0 Å². The normalized spacial score (nSPS) is 18.5. The van der Waals surface area contributed by atoms with Gasteiger partial charge in [-0.1, -0.05) is 24.3 Å². The number of halogens is 7. The van der Waals surface area contributed by atoms with E-state index in [1.165, 1.54) is 0 Å². The molecule has 0 radical (unpaired) electrons. The van der Waals surface area contributed by atoms with Crippen LogP contribution < -0.4 is 0 Å². The first-order valence-electron chi connectivity index (χ1n) is 6.66. The summed E-state index contributed by atoms with van der Waals surface area (Å²) in [7, 11) is 0. The van der Waals surface area contributed by atoms with Crippen molar-refractivity contribution in [3.8, 4) is 0 Å². The third kappa shape index (κ3) is 4.79. The SMILES string of the molecule is C[CH](C)[Cu]([F])([F])([F])([F])([F])([F])[F].c1cnc2c(c1)ccc1cccnc12. The minimum absolute atomic E-state index is 0.288. The minimum atomic E-state index is -13.3. The molecule has 0 aliphatic carbocycles. The van der Waals surface area contributed by atoms with E-state index in [1.54, 1.807) is 12.4 Å². The zero-order valence-corrected chi connectivity index (χ0v) is 14.0. The molecular formula is C15H15CuF7N2. The van der Waals surface area contributed by atoms with E-state index in [9.17, 15) is 24.9 Å². The quantitative estimate of drug-likeness (QED) is 0.239. The molecule has 0 saturated heterocycles. The number of pyridine rings is 2. The van der Waals surface area contributed by atoms with E-state index in [-0.39, 0.29) is 13.8 Å². The molecule has 0 fully saturated rings. The van der Waals surface area contributed by atoms with E-state index in [4.69, 9.17) is 0 Å². The average molecular weight is 420 g/mol. The van der Waals surface area contributed by atoms with Crippen LogP contribution in [0.3, 0.4) is 0 Å². The van der Waals surface area contributed by atoms with Crippen molar-refractivity contribution < 1.29 is 36.7 Å². The number of hydrogen-bond acceptors (Lipinski definition) is 2. The fourth-order valence-corrected chi connectivity index (χ4v) is 1.68. The molecule has 3 aromatic rings. The molecule has 3 rings (SSSR count). The van der Waals surface area contributed by atoms with Crippen LogP contribution in [0.15, 0.2) is 48.8 Å². The minimum Gasteiger partial charge on any atom is -0.254 e. The van der Waals surface area contributed by atoms with Gasteiger partial charge >= 0.3 is 55.3 Å². The van der Waals surface area contributed by atoms with Crippen molar-refractivity contribution in [1.29, 1.82) is 0 Å². The molecule has 0 saturated carbocycles. The first kappa shape index (κ1) is 19.4. The van der Waals surface area contributed by atoms with Crippen molar-refractivity contribution >= 4 is 21.8 Å². The standard InChI is InChI=1S/C12H8N2.C3H7.Cu.7FH/c1-3-9-5-6-10-4-2-8-14-12(10)11(9)13-7-1;1-3-2;;;;;;;;/h1-8H;3H,1-2H3;;7*1H/q;;+7;;;;;;;/p-7. The van der Waals surface area contributed by atoms with Gasteiger partial charge < -0.3 is 0 Å². The third-order valence-electron chi connectivity index (χ3n) is 3.27. The van der Waals surface area contributed by atoms with E-state index in [2.05, 4.69) is 34.2 Å². The molecule has 0 atom stereocenters. The van der Waals surface area contributed by atoms with Crippen LogP contribution in [0.25, 0.3) is 21.8 Å². The fourth-order valence-electron chi connectivity index (χ4n) is 1.68. The zero-order chi connectivity index (χ0) is 19.3. The summed E-state index contributed by atoms with van der Waals surface area (Å²) in [6.07, 6.45) is 3.60. The topological polar surface area (TPSA) is 25.8 Å². The van der Waals surface area contributed by atoms with Gasteiger partial charge in [-0.25, -0.2) is 0 Å². The van der Waals surface area contributed by atoms with Gasteiger partial charge in [-0.3, -0.25) is 9.97 Å². The molecule has 2 nitrogen and oxygen atoms in total. The van der Waals surface area contributed by atoms with Gasteiger partial charge in [0.15, 0.2) is 0 Å². The average Bonchev–Trinajstić information content (AvgIpc) is 2.44. The van der Waals surface area contributed by atoms with Gasteiger partial charge in [0.05, 0.1) is 11.0 Å². The van der Waals surface area contributed by atoms with E-state index in [0.717, 1.165) is 21.8 Å². The Morgan fingerprint density at radius 1 is 0.680 bits per heavy atom. The maximum Gasteiger partial charge on any atom is 0.0964 e. The second kappa shape index (κ2) is 3.76. The molecule has 25 heavy (non-hydrogen) atoms. The van der Waals surface area contributed by atoms with Crippen LogP contribution in [0, 0.1) is 0 Å². The molecule has 0 unspecified atom stereocenters. The molecule has 0 amide bonds. The second-order valence-electron chi connectivity index (χ2n) is 5.51. The Bertz CT molecular complexity index is 931. The van der Waals surface area contributed by atoms with Crippen LogP contribution in [0.4, 0.5) is 24.9 Å². The number of nitrogens with zero attached hydrogens (tertiary/aromatic N) is 2. The monoisotopic (exact) mass is 419 g/mol. The molecule has 0 aliphatic heterocycles. The van der Waals surface area contributed by atoms with Crippen molar-refractivity contribution in [2.45, 2.75) is 18.7 Å². The van der Waals surface area contributed by atoms with Gasteiger partial charge in [0.1, 0.15) is 0 Å². The molecular weight excluding hydrogens is 405 g/mol. The Morgan fingerprint density at radius 3 is 1.28 bits per heavy atom. The smallest absolute Gasteiger partial charge is 0.0964 e. The van der Waals surface area contributed by atoms with E-state index < -0.39 is 16.6 Å². The summed E-state index contributed by atoms with van der Waals surface area (Å²) in [6, 6.07) is 12.1. The molecule has 0 aliphatic rings. The molecule has 1 aromatic carbocycles. The Kier molecular flexibility index (Phi) is 2.91. The molecule has 0 bridgehead atoms. The number of fused-ring (bicyclic) bond motifs is 3. The van der Waals surface area contributed by atoms with Gasteiger partial charge in [-0.05, 0) is 12.1 Å². The predicted molar refractivity (Wildman–Crippen MR) is 79.9 cm³/mol. The molecule has 2 heterocycles. The number of aromatic nitrogens is 2. The summed E-state index contributed by atoms with van der Waals surface area (Å²) in [5.74, 6) is 0. The van der Waals surface area contributed by atoms with E-state index >= 15 is 0 Å². The summed E-state index contributed by atoms with van der Waals surface area (Å²) in [4.78, 5) is 4.72. The van der Waals surface area contributed by atoms with Gasteiger partial charge in [-0.15, -0.1) is 0 Å². The van der Waals surface area contributed by atoms with Crippen molar-refractivity contribution in [1.82, 2.24) is 9.97 Å². The second-order valence-corrected chi connectivity index (χ2v) is 10.9. The first-order valence-corrected chi connectivity index (χ1v) is 9.70. The maximum atomic E-state index is 11.4. The molecule has 0 spiro atoms. The Morgan fingerprint density at radius 2 is 1.00 bits per heavy atom. The molecule has 10 heteroatoms. The number of benzene rings is 1. The van der Waals surface area contributed by atoms with Crippen LogP contribution in [0.2, 0.25) is 4.82 Å². The summed E-state index contributed by atoms with van der Waals surface area (Å²) in [5, 5.41) is 2.28. The van der Waals surface area contributed by atoms with Crippen molar-refractivity contribution in [3.63, 3.8) is 0 Å². The summed E-state index contributed by atoms with van der Waals surface area (Å²) >= 11 is -13.3. The van der Waals surface area contributed by atoms with Crippen LogP contribution in [0.1, 0.15) is 13.8 Å². The van der Waals surface area contributed by atoms with Crippen LogP contribution in [-0.2, 0) is 11.8 Å². The molecule has 2 aromatic heterocycles. The van der Waals surface area contributed by atoms with Crippen LogP contribution >= 0.6 is 0 Å². The Hall–Kier alpha value is -1.93. The van der Waals surface area contributed by atoms with Gasteiger partial charge in [-0.2, -0.15) is 0 Å². The third-order valence-corrected chi connectivity index (χ3v) is 6.14. The number of hydrogen-bond donors (Lipinski definition) is 0. The van der Waals surface area contributed by atoms with E-state index in [1.807, 2.05) is 12.1 Å². The maximum absolute atomic E-state index is 13.3. The van der Waals surface area contributed by atoms with Gasteiger partial charge in [0, 0.05) is 23.2 Å². The molecule has 0 N–H and O–H groups in total. The van der Waals surface area contributed by atoms with Gasteiger partial charge in [0.2, 0.25) is 0 Å². The summed E-state index contributed by atoms with van der Waals surface area (Å²) < 4.78 is 79.6.